The van der Waals surface area contributed by atoms with Crippen molar-refractivity contribution in [2.75, 3.05) is 18.6 Å². The molecule has 0 saturated heterocycles. The maximum absolute atomic E-state index is 13.0. The fourth-order valence-corrected chi connectivity index (χ4v) is 3.80. The van der Waals surface area contributed by atoms with Crippen molar-refractivity contribution in [3.05, 3.63) is 78.6 Å². The first-order chi connectivity index (χ1) is 14.2. The predicted molar refractivity (Wildman–Crippen MR) is 114 cm³/mol. The third kappa shape index (κ3) is 4.52. The number of hydrogen-bond acceptors (Lipinski definition) is 6. The van der Waals surface area contributed by atoms with Crippen LogP contribution in [0.3, 0.4) is 0 Å². The minimum Gasteiger partial charge on any atom is -0.497 e. The molecule has 0 atom stereocenters. The van der Waals surface area contributed by atoms with E-state index < -0.39 is 0 Å². The van der Waals surface area contributed by atoms with E-state index in [4.69, 9.17) is 9.47 Å². The first kappa shape index (κ1) is 18.9. The van der Waals surface area contributed by atoms with Gasteiger partial charge in [-0.3, -0.25) is 14.7 Å². The Labute approximate surface area is 172 Å². The number of methoxy groups -OCH3 is 1. The second kappa shape index (κ2) is 8.70. The number of rotatable bonds is 7. The molecular weight excluding hydrogens is 386 g/mol. The minimum absolute atomic E-state index is 0.0872. The van der Waals surface area contributed by atoms with E-state index in [1.807, 2.05) is 66.7 Å². The van der Waals surface area contributed by atoms with Crippen molar-refractivity contribution < 1.29 is 14.3 Å². The van der Waals surface area contributed by atoms with Gasteiger partial charge >= 0.3 is 0 Å². The van der Waals surface area contributed by atoms with Gasteiger partial charge in [0.2, 0.25) is 0 Å². The van der Waals surface area contributed by atoms with Gasteiger partial charge in [-0.05, 0) is 42.5 Å². The zero-order valence-electron chi connectivity index (χ0n) is 15.8. The summed E-state index contributed by atoms with van der Waals surface area (Å²) >= 11 is 1.43. The van der Waals surface area contributed by atoms with Gasteiger partial charge in [-0.15, -0.1) is 0 Å². The molecule has 0 bridgehead atoms. The van der Waals surface area contributed by atoms with Gasteiger partial charge in [0.1, 0.15) is 11.5 Å². The highest BCUT2D eigenvalue weighted by Gasteiger charge is 2.21. The lowest BCUT2D eigenvalue weighted by Crippen LogP contribution is -2.34. The number of pyridine rings is 1. The van der Waals surface area contributed by atoms with Crippen LogP contribution in [0, 0.1) is 0 Å². The number of benzene rings is 2. The minimum atomic E-state index is -0.189. The van der Waals surface area contributed by atoms with Gasteiger partial charge in [-0.2, -0.15) is 0 Å². The van der Waals surface area contributed by atoms with Gasteiger partial charge in [0.25, 0.3) is 5.91 Å². The van der Waals surface area contributed by atoms with Crippen LogP contribution in [0.1, 0.15) is 5.69 Å². The summed E-state index contributed by atoms with van der Waals surface area (Å²) < 4.78 is 11.9. The van der Waals surface area contributed by atoms with Gasteiger partial charge in [0, 0.05) is 6.20 Å². The molecule has 4 rings (SSSR count). The molecule has 6 nitrogen and oxygen atoms in total. The third-order valence-electron chi connectivity index (χ3n) is 4.27. The van der Waals surface area contributed by atoms with Crippen molar-refractivity contribution in [2.45, 2.75) is 6.54 Å². The number of nitrogens with zero attached hydrogens (tertiary/aromatic N) is 3. The smallest absolute Gasteiger partial charge is 0.267 e. The summed E-state index contributed by atoms with van der Waals surface area (Å²) in [6.45, 7) is 0.227. The number of para-hydroxylation sites is 1. The molecule has 0 spiro atoms. The molecule has 4 aromatic rings. The number of carbonyl (C=O) groups is 1. The van der Waals surface area contributed by atoms with E-state index in [0.717, 1.165) is 21.7 Å². The normalized spacial score (nSPS) is 10.7. The lowest BCUT2D eigenvalue weighted by atomic mass is 10.3. The number of amides is 1. The number of ether oxygens (including phenoxy) is 2. The molecule has 0 saturated carbocycles. The van der Waals surface area contributed by atoms with Crippen molar-refractivity contribution in [3.8, 4) is 11.5 Å². The molecule has 0 aliphatic heterocycles. The topological polar surface area (TPSA) is 64.5 Å². The van der Waals surface area contributed by atoms with Gasteiger partial charge < -0.3 is 9.47 Å². The highest BCUT2D eigenvalue weighted by Crippen LogP contribution is 2.32. The molecule has 0 fully saturated rings. The SMILES string of the molecule is COc1ccc2nc(N(Cc3ccccn3)C(=O)COc3ccccc3)sc2c1. The average molecular weight is 405 g/mol. The Morgan fingerprint density at radius 1 is 1.03 bits per heavy atom. The van der Waals surface area contributed by atoms with E-state index in [9.17, 15) is 4.79 Å². The van der Waals surface area contributed by atoms with Crippen LogP contribution >= 0.6 is 11.3 Å². The molecule has 2 aromatic heterocycles. The van der Waals surface area contributed by atoms with Gasteiger partial charge in [0.05, 0.1) is 29.6 Å². The summed E-state index contributed by atoms with van der Waals surface area (Å²) in [5, 5.41) is 0.598. The second-order valence-electron chi connectivity index (χ2n) is 6.23. The van der Waals surface area contributed by atoms with E-state index in [2.05, 4.69) is 9.97 Å². The quantitative estimate of drug-likeness (QED) is 0.458. The van der Waals surface area contributed by atoms with Crippen LogP contribution in [0.4, 0.5) is 5.13 Å². The Morgan fingerprint density at radius 3 is 2.62 bits per heavy atom. The lowest BCUT2D eigenvalue weighted by Gasteiger charge is -2.19. The molecule has 0 aliphatic rings. The fraction of sp³-hybridized carbons (Fsp3) is 0.136. The molecule has 1 amide bonds. The van der Waals surface area contributed by atoms with Crippen molar-refractivity contribution in [3.63, 3.8) is 0 Å². The second-order valence-corrected chi connectivity index (χ2v) is 7.24. The summed E-state index contributed by atoms with van der Waals surface area (Å²) in [6, 6.07) is 20.6. The maximum Gasteiger partial charge on any atom is 0.267 e. The number of aromatic nitrogens is 2. The molecule has 0 aliphatic carbocycles. The molecular formula is C22H19N3O3S. The highest BCUT2D eigenvalue weighted by atomic mass is 32.1. The molecule has 2 aromatic carbocycles. The fourth-order valence-electron chi connectivity index (χ4n) is 2.79. The maximum atomic E-state index is 13.0. The number of thiazole rings is 1. The van der Waals surface area contributed by atoms with Crippen molar-refractivity contribution in [1.82, 2.24) is 9.97 Å². The number of anilines is 1. The Bertz CT molecular complexity index is 1100. The van der Waals surface area contributed by atoms with E-state index in [1.165, 1.54) is 11.3 Å². The van der Waals surface area contributed by atoms with Crippen molar-refractivity contribution >= 4 is 32.6 Å². The summed E-state index contributed by atoms with van der Waals surface area (Å²) in [4.78, 5) is 23.6. The Kier molecular flexibility index (Phi) is 5.67. The van der Waals surface area contributed by atoms with E-state index in [1.54, 1.807) is 18.2 Å². The monoisotopic (exact) mass is 405 g/mol. The van der Waals surface area contributed by atoms with E-state index in [-0.39, 0.29) is 12.5 Å². The van der Waals surface area contributed by atoms with Crippen LogP contribution in [0.15, 0.2) is 72.9 Å². The van der Waals surface area contributed by atoms with Crippen molar-refractivity contribution in [2.24, 2.45) is 0 Å². The van der Waals surface area contributed by atoms with Crippen LogP contribution < -0.4 is 14.4 Å². The Hall–Kier alpha value is -3.45. The molecule has 2 heterocycles. The summed E-state index contributed by atoms with van der Waals surface area (Å²) in [6.07, 6.45) is 1.71. The summed E-state index contributed by atoms with van der Waals surface area (Å²) in [5.41, 5.74) is 1.59. The van der Waals surface area contributed by atoms with Crippen LogP contribution in [0.5, 0.6) is 11.5 Å². The third-order valence-corrected chi connectivity index (χ3v) is 5.31. The zero-order valence-corrected chi connectivity index (χ0v) is 16.6. The summed E-state index contributed by atoms with van der Waals surface area (Å²) in [5.74, 6) is 1.21. The molecule has 0 radical (unpaired) electrons. The van der Waals surface area contributed by atoms with E-state index in [0.29, 0.717) is 17.4 Å². The molecule has 29 heavy (non-hydrogen) atoms. The first-order valence-electron chi connectivity index (χ1n) is 9.05. The predicted octanol–water partition coefficient (Wildman–Crippen LogP) is 4.31. The lowest BCUT2D eigenvalue weighted by molar-refractivity contribution is -0.120. The van der Waals surface area contributed by atoms with Gasteiger partial charge in [0.15, 0.2) is 11.7 Å². The molecule has 0 unspecified atom stereocenters. The highest BCUT2D eigenvalue weighted by molar-refractivity contribution is 7.22. The standard InChI is InChI=1S/C22H19N3O3S/c1-27-18-10-11-19-20(13-18)29-22(24-19)25(14-16-7-5-6-12-23-16)21(26)15-28-17-8-3-2-4-9-17/h2-13H,14-15H2,1H3. The zero-order chi connectivity index (χ0) is 20.1. The molecule has 7 heteroatoms. The summed E-state index contributed by atoms with van der Waals surface area (Å²) in [7, 11) is 1.63. The number of carbonyl (C=O) groups excluding carboxylic acids is 1. The van der Waals surface area contributed by atoms with Crippen LogP contribution in [0.25, 0.3) is 10.2 Å². The van der Waals surface area contributed by atoms with E-state index >= 15 is 0 Å². The average Bonchev–Trinajstić information content (AvgIpc) is 3.20. The number of fused-ring (bicyclic) bond motifs is 1. The number of hydrogen-bond donors (Lipinski definition) is 0. The van der Waals surface area contributed by atoms with Crippen LogP contribution in [-0.4, -0.2) is 29.6 Å². The largest absolute Gasteiger partial charge is 0.497 e. The molecule has 0 N–H and O–H groups in total. The molecule has 146 valence electrons. The van der Waals surface area contributed by atoms with Crippen molar-refractivity contribution in [1.29, 1.82) is 0 Å². The van der Waals surface area contributed by atoms with Crippen LogP contribution in [0.2, 0.25) is 0 Å². The Balaban J connectivity index is 1.61. The first-order valence-corrected chi connectivity index (χ1v) is 9.87. The Morgan fingerprint density at radius 2 is 1.86 bits per heavy atom. The van der Waals surface area contributed by atoms with Crippen LogP contribution in [-0.2, 0) is 11.3 Å². The van der Waals surface area contributed by atoms with Gasteiger partial charge in [-0.1, -0.05) is 35.6 Å². The van der Waals surface area contributed by atoms with Gasteiger partial charge in [-0.25, -0.2) is 4.98 Å².